The first-order valence-corrected chi connectivity index (χ1v) is 6.07. The average molecular weight is 305 g/mol. The fraction of sp³-hybridized carbons (Fsp3) is 0. The molecule has 3 nitrogen and oxygen atoms in total. The Morgan fingerprint density at radius 1 is 1.47 bits per heavy atom. The van der Waals surface area contributed by atoms with E-state index in [0.29, 0.717) is 10.0 Å². The van der Waals surface area contributed by atoms with Gasteiger partial charge in [-0.05, 0) is 18.2 Å². The molecule has 2 aromatic rings. The van der Waals surface area contributed by atoms with Gasteiger partial charge in [0.1, 0.15) is 5.00 Å². The van der Waals surface area contributed by atoms with Crippen molar-refractivity contribution in [1.82, 2.24) is 4.98 Å². The van der Waals surface area contributed by atoms with Gasteiger partial charge in [0.2, 0.25) is 0 Å². The van der Waals surface area contributed by atoms with Crippen LogP contribution in [0.25, 0.3) is 0 Å². The maximum absolute atomic E-state index is 6.04. The summed E-state index contributed by atoms with van der Waals surface area (Å²) in [6.07, 6.45) is 1.61. The summed E-state index contributed by atoms with van der Waals surface area (Å²) in [7, 11) is 0. The molecule has 6 heteroatoms. The molecule has 0 fully saturated rings. The van der Waals surface area contributed by atoms with Crippen molar-refractivity contribution < 1.29 is 0 Å². The van der Waals surface area contributed by atoms with Gasteiger partial charge in [-0.25, -0.2) is 4.98 Å². The largest absolute Gasteiger partial charge is 0.389 e. The molecule has 1 aromatic heterocycles. The van der Waals surface area contributed by atoms with E-state index in [4.69, 9.17) is 17.3 Å². The van der Waals surface area contributed by atoms with Crippen LogP contribution in [0.15, 0.2) is 28.9 Å². The Hall–Kier alpha value is -0.780. The number of benzene rings is 1. The number of nitrogens with one attached hydrogen (secondary N) is 1. The van der Waals surface area contributed by atoms with Gasteiger partial charge in [0.05, 0.1) is 16.9 Å². The maximum atomic E-state index is 6.04. The quantitative estimate of drug-likeness (QED) is 0.885. The molecule has 0 aliphatic heterocycles. The summed E-state index contributed by atoms with van der Waals surface area (Å²) in [5.74, 6) is 0. The molecule has 0 saturated heterocycles. The lowest BCUT2D eigenvalue weighted by Gasteiger charge is -2.04. The lowest BCUT2D eigenvalue weighted by Crippen LogP contribution is -1.89. The fourth-order valence-corrected chi connectivity index (χ4v) is 2.37. The molecule has 0 radical (unpaired) electrons. The highest BCUT2D eigenvalue weighted by molar-refractivity contribution is 9.10. The van der Waals surface area contributed by atoms with Gasteiger partial charge in [-0.1, -0.05) is 38.9 Å². The molecule has 15 heavy (non-hydrogen) atoms. The number of rotatable bonds is 2. The number of hydrogen-bond donors (Lipinski definition) is 2. The van der Waals surface area contributed by atoms with Crippen molar-refractivity contribution in [3.05, 3.63) is 33.9 Å². The van der Waals surface area contributed by atoms with Crippen molar-refractivity contribution in [2.24, 2.45) is 0 Å². The summed E-state index contributed by atoms with van der Waals surface area (Å²) in [6, 6.07) is 5.61. The number of anilines is 3. The normalized spacial score (nSPS) is 10.3. The third-order valence-electron chi connectivity index (χ3n) is 1.70. The van der Waals surface area contributed by atoms with E-state index in [2.05, 4.69) is 26.2 Å². The third kappa shape index (κ3) is 2.62. The van der Waals surface area contributed by atoms with Crippen molar-refractivity contribution in [3.63, 3.8) is 0 Å². The van der Waals surface area contributed by atoms with Gasteiger partial charge in [0, 0.05) is 4.47 Å². The van der Waals surface area contributed by atoms with Crippen LogP contribution in [0.5, 0.6) is 0 Å². The smallest absolute Gasteiger partial charge is 0.189 e. The van der Waals surface area contributed by atoms with Crippen molar-refractivity contribution in [3.8, 4) is 0 Å². The zero-order valence-corrected chi connectivity index (χ0v) is 10.7. The van der Waals surface area contributed by atoms with Gasteiger partial charge < -0.3 is 11.1 Å². The van der Waals surface area contributed by atoms with E-state index in [1.54, 1.807) is 6.20 Å². The molecule has 0 spiro atoms. The summed E-state index contributed by atoms with van der Waals surface area (Å²) in [4.78, 5) is 4.09. The minimum atomic E-state index is 0.637. The molecule has 78 valence electrons. The van der Waals surface area contributed by atoms with E-state index < -0.39 is 0 Å². The molecular weight excluding hydrogens is 298 g/mol. The van der Waals surface area contributed by atoms with Crippen LogP contribution in [0.2, 0.25) is 5.02 Å². The highest BCUT2D eigenvalue weighted by Gasteiger charge is 2.03. The summed E-state index contributed by atoms with van der Waals surface area (Å²) in [5.41, 5.74) is 6.38. The van der Waals surface area contributed by atoms with Gasteiger partial charge >= 0.3 is 0 Å². The van der Waals surface area contributed by atoms with Crippen LogP contribution >= 0.6 is 38.9 Å². The number of nitrogens with two attached hydrogens (primary N) is 1. The molecule has 0 aliphatic rings. The first-order chi connectivity index (χ1) is 7.15. The Balaban J connectivity index is 2.24. The second-order valence-electron chi connectivity index (χ2n) is 2.82. The molecule has 0 bridgehead atoms. The van der Waals surface area contributed by atoms with Gasteiger partial charge in [-0.3, -0.25) is 0 Å². The Morgan fingerprint density at radius 2 is 2.27 bits per heavy atom. The average Bonchev–Trinajstić information content (AvgIpc) is 2.56. The lowest BCUT2D eigenvalue weighted by molar-refractivity contribution is 1.39. The summed E-state index contributed by atoms with van der Waals surface area (Å²) in [5, 5.41) is 5.14. The summed E-state index contributed by atoms with van der Waals surface area (Å²) < 4.78 is 0.941. The lowest BCUT2D eigenvalue weighted by atomic mass is 10.3. The summed E-state index contributed by atoms with van der Waals surface area (Å²) in [6.45, 7) is 0. The number of halogens is 2. The number of thiazole rings is 1. The molecule has 3 N–H and O–H groups in total. The van der Waals surface area contributed by atoms with Crippen molar-refractivity contribution in [1.29, 1.82) is 0 Å². The van der Waals surface area contributed by atoms with Crippen LogP contribution in [0.4, 0.5) is 15.8 Å². The molecule has 0 unspecified atom stereocenters. The van der Waals surface area contributed by atoms with Crippen LogP contribution in [-0.4, -0.2) is 4.98 Å². The molecular formula is C9H7BrClN3S. The van der Waals surface area contributed by atoms with Crippen molar-refractivity contribution in [2.75, 3.05) is 11.1 Å². The SMILES string of the molecule is Nc1cnc(Nc2ccc(Br)cc2Cl)s1. The number of nitrogens with zero attached hydrogens (tertiary/aromatic N) is 1. The van der Waals surface area contributed by atoms with Gasteiger partial charge in [0.25, 0.3) is 0 Å². The fourth-order valence-electron chi connectivity index (χ4n) is 1.05. The summed E-state index contributed by atoms with van der Waals surface area (Å²) >= 11 is 10.8. The van der Waals surface area contributed by atoms with Crippen LogP contribution in [0.3, 0.4) is 0 Å². The predicted octanol–water partition coefficient (Wildman–Crippen LogP) is 3.88. The van der Waals surface area contributed by atoms with E-state index in [-0.39, 0.29) is 0 Å². The molecule has 0 saturated carbocycles. The second kappa shape index (κ2) is 4.38. The van der Waals surface area contributed by atoms with Gasteiger partial charge in [-0.2, -0.15) is 0 Å². The number of aromatic nitrogens is 1. The van der Waals surface area contributed by atoms with Crippen molar-refractivity contribution >= 4 is 54.7 Å². The Kier molecular flexibility index (Phi) is 3.14. The van der Waals surface area contributed by atoms with E-state index in [9.17, 15) is 0 Å². The van der Waals surface area contributed by atoms with Crippen LogP contribution in [0, 0.1) is 0 Å². The second-order valence-corrected chi connectivity index (χ2v) is 5.20. The molecule has 1 heterocycles. The molecule has 0 atom stereocenters. The van der Waals surface area contributed by atoms with Crippen LogP contribution < -0.4 is 11.1 Å². The molecule has 0 aliphatic carbocycles. The zero-order chi connectivity index (χ0) is 10.8. The Labute approximate surface area is 104 Å². The van der Waals surface area contributed by atoms with E-state index in [1.807, 2.05) is 18.2 Å². The van der Waals surface area contributed by atoms with Gasteiger partial charge in [0.15, 0.2) is 5.13 Å². The number of hydrogen-bond acceptors (Lipinski definition) is 4. The zero-order valence-electron chi connectivity index (χ0n) is 7.50. The Morgan fingerprint density at radius 3 is 2.87 bits per heavy atom. The van der Waals surface area contributed by atoms with Gasteiger partial charge in [-0.15, -0.1) is 0 Å². The minimum absolute atomic E-state index is 0.637. The molecule has 0 amide bonds. The van der Waals surface area contributed by atoms with E-state index >= 15 is 0 Å². The first-order valence-electron chi connectivity index (χ1n) is 4.08. The number of nitrogen functional groups attached to an aromatic ring is 1. The Bertz CT molecular complexity index is 486. The highest BCUT2D eigenvalue weighted by Crippen LogP contribution is 2.30. The third-order valence-corrected chi connectivity index (χ3v) is 3.24. The van der Waals surface area contributed by atoms with Crippen LogP contribution in [-0.2, 0) is 0 Å². The topological polar surface area (TPSA) is 50.9 Å². The first kappa shape index (κ1) is 10.7. The van der Waals surface area contributed by atoms with Crippen LogP contribution in [0.1, 0.15) is 0 Å². The standard InChI is InChI=1S/C9H7BrClN3S/c10-5-1-2-7(6(11)3-5)14-9-13-4-8(12)15-9/h1-4H,12H2,(H,13,14). The minimum Gasteiger partial charge on any atom is -0.389 e. The maximum Gasteiger partial charge on any atom is 0.189 e. The monoisotopic (exact) mass is 303 g/mol. The molecule has 1 aromatic carbocycles. The molecule has 2 rings (SSSR count). The van der Waals surface area contributed by atoms with Crippen molar-refractivity contribution in [2.45, 2.75) is 0 Å². The van der Waals surface area contributed by atoms with E-state index in [1.165, 1.54) is 11.3 Å². The van der Waals surface area contributed by atoms with E-state index in [0.717, 1.165) is 15.3 Å². The predicted molar refractivity (Wildman–Crippen MR) is 69.0 cm³/mol. The highest BCUT2D eigenvalue weighted by atomic mass is 79.9.